The molecule has 0 bridgehead atoms. The number of H-pyrrole nitrogens is 1. The Morgan fingerprint density at radius 1 is 1.00 bits per heavy atom. The van der Waals surface area contributed by atoms with Gasteiger partial charge in [0.15, 0.2) is 0 Å². The molecule has 1 fully saturated rings. The number of nitrogens with two attached hydrogens (primary N) is 1. The summed E-state index contributed by atoms with van der Waals surface area (Å²) in [6.07, 6.45) is 1.71. The Bertz CT molecular complexity index is 879. The first kappa shape index (κ1) is 15.7. The molecule has 0 aliphatic carbocycles. The van der Waals surface area contributed by atoms with Crippen LogP contribution in [0.3, 0.4) is 0 Å². The van der Waals surface area contributed by atoms with E-state index < -0.39 is 0 Å². The van der Waals surface area contributed by atoms with Crippen LogP contribution in [-0.2, 0) is 6.54 Å². The Labute approximate surface area is 147 Å². The van der Waals surface area contributed by atoms with Gasteiger partial charge in [0.05, 0.1) is 5.56 Å². The molecule has 2 aromatic carbocycles. The summed E-state index contributed by atoms with van der Waals surface area (Å²) in [4.78, 5) is 19.7. The van der Waals surface area contributed by atoms with Crippen LogP contribution in [0.15, 0.2) is 54.7 Å². The van der Waals surface area contributed by atoms with Crippen LogP contribution in [0, 0.1) is 0 Å². The number of fused-ring (bicyclic) bond motifs is 1. The van der Waals surface area contributed by atoms with Crippen LogP contribution in [0.4, 0.5) is 5.69 Å². The van der Waals surface area contributed by atoms with Crippen LogP contribution in [0.5, 0.6) is 0 Å². The number of hydrogen-bond acceptors (Lipinski definition) is 3. The van der Waals surface area contributed by atoms with Crippen LogP contribution < -0.4 is 10.6 Å². The summed E-state index contributed by atoms with van der Waals surface area (Å²) < 4.78 is 0. The number of nitrogens with zero attached hydrogens (tertiary/aromatic N) is 2. The lowest BCUT2D eigenvalue weighted by atomic mass is 10.1. The minimum Gasteiger partial charge on any atom is -0.368 e. The third-order valence-electron chi connectivity index (χ3n) is 4.91. The van der Waals surface area contributed by atoms with E-state index in [2.05, 4.69) is 51.2 Å². The van der Waals surface area contributed by atoms with Crippen molar-refractivity contribution in [1.29, 1.82) is 0 Å². The van der Waals surface area contributed by atoms with Gasteiger partial charge in [-0.3, -0.25) is 9.69 Å². The zero-order valence-electron chi connectivity index (χ0n) is 14.1. The number of benzene rings is 2. The highest BCUT2D eigenvalue weighted by molar-refractivity contribution is 6.10. The number of carbonyl (C=O) groups is 1. The summed E-state index contributed by atoms with van der Waals surface area (Å²) in [6, 6.07) is 16.7. The van der Waals surface area contributed by atoms with Gasteiger partial charge in [0, 0.05) is 55.5 Å². The monoisotopic (exact) mass is 334 g/mol. The predicted octanol–water partition coefficient (Wildman–Crippen LogP) is 2.59. The normalized spacial score (nSPS) is 15.6. The second kappa shape index (κ2) is 6.61. The molecule has 1 aliphatic heterocycles. The Balaban J connectivity index is 1.52. The fourth-order valence-electron chi connectivity index (χ4n) is 3.61. The number of aromatic nitrogens is 1. The lowest BCUT2D eigenvalue weighted by molar-refractivity contribution is 0.100. The van der Waals surface area contributed by atoms with E-state index in [0.717, 1.165) is 49.3 Å². The second-order valence-electron chi connectivity index (χ2n) is 6.52. The highest BCUT2D eigenvalue weighted by atomic mass is 16.1. The number of rotatable bonds is 4. The first-order chi connectivity index (χ1) is 12.2. The van der Waals surface area contributed by atoms with E-state index in [1.54, 1.807) is 6.20 Å². The molecule has 4 rings (SSSR count). The van der Waals surface area contributed by atoms with Gasteiger partial charge in [0.2, 0.25) is 0 Å². The largest absolute Gasteiger partial charge is 0.368 e. The van der Waals surface area contributed by atoms with E-state index >= 15 is 0 Å². The highest BCUT2D eigenvalue weighted by Crippen LogP contribution is 2.30. The Hall–Kier alpha value is -2.79. The Morgan fingerprint density at radius 3 is 2.48 bits per heavy atom. The van der Waals surface area contributed by atoms with Crippen molar-refractivity contribution in [3.63, 3.8) is 0 Å². The molecule has 0 spiro atoms. The number of nitrogens with one attached hydrogen (secondary N) is 1. The lowest BCUT2D eigenvalue weighted by Gasteiger charge is -2.36. The van der Waals surface area contributed by atoms with Gasteiger partial charge in [0.1, 0.15) is 0 Å². The number of anilines is 1. The van der Waals surface area contributed by atoms with E-state index in [-0.39, 0.29) is 5.91 Å². The molecule has 128 valence electrons. The highest BCUT2D eigenvalue weighted by Gasteiger charge is 2.21. The molecular weight excluding hydrogens is 312 g/mol. The van der Waals surface area contributed by atoms with Crippen molar-refractivity contribution >= 4 is 22.5 Å². The van der Waals surface area contributed by atoms with Crippen molar-refractivity contribution in [3.8, 4) is 0 Å². The van der Waals surface area contributed by atoms with E-state index in [9.17, 15) is 4.79 Å². The number of carbonyl (C=O) groups excluding carboxylic acids is 1. The summed E-state index contributed by atoms with van der Waals surface area (Å²) in [6.45, 7) is 4.86. The number of primary amides is 1. The molecule has 3 N–H and O–H groups in total. The van der Waals surface area contributed by atoms with Gasteiger partial charge in [0.25, 0.3) is 5.91 Å². The quantitative estimate of drug-likeness (QED) is 0.771. The predicted molar refractivity (Wildman–Crippen MR) is 101 cm³/mol. The summed E-state index contributed by atoms with van der Waals surface area (Å²) in [5, 5.41) is 0.937. The van der Waals surface area contributed by atoms with Crippen molar-refractivity contribution in [1.82, 2.24) is 9.88 Å². The van der Waals surface area contributed by atoms with Gasteiger partial charge in [-0.05, 0) is 17.7 Å². The molecule has 3 aromatic rings. The number of aromatic amines is 1. The fraction of sp³-hybridized carbons (Fsp3) is 0.250. The topological polar surface area (TPSA) is 65.4 Å². The van der Waals surface area contributed by atoms with Crippen LogP contribution in [0.2, 0.25) is 0 Å². The molecule has 1 amide bonds. The van der Waals surface area contributed by atoms with Gasteiger partial charge in [-0.2, -0.15) is 0 Å². The van der Waals surface area contributed by atoms with Crippen LogP contribution >= 0.6 is 0 Å². The molecule has 5 nitrogen and oxygen atoms in total. The van der Waals surface area contributed by atoms with Gasteiger partial charge in [-0.25, -0.2) is 0 Å². The van der Waals surface area contributed by atoms with Crippen molar-refractivity contribution in [2.75, 3.05) is 31.1 Å². The van der Waals surface area contributed by atoms with Gasteiger partial charge >= 0.3 is 0 Å². The average Bonchev–Trinajstić information content (AvgIpc) is 3.08. The molecule has 0 radical (unpaired) electrons. The van der Waals surface area contributed by atoms with Crippen LogP contribution in [0.1, 0.15) is 15.9 Å². The fourth-order valence-corrected chi connectivity index (χ4v) is 3.61. The maximum absolute atomic E-state index is 11.7. The molecule has 1 aromatic heterocycles. The summed E-state index contributed by atoms with van der Waals surface area (Å²) in [5.74, 6) is -0.388. The molecule has 0 unspecified atom stereocenters. The van der Waals surface area contributed by atoms with E-state index in [4.69, 9.17) is 5.73 Å². The number of hydrogen-bond donors (Lipinski definition) is 2. The van der Waals surface area contributed by atoms with Crippen molar-refractivity contribution < 1.29 is 4.79 Å². The summed E-state index contributed by atoms with van der Waals surface area (Å²) in [7, 11) is 0. The molecule has 0 saturated carbocycles. The molecular formula is C20H22N4O. The van der Waals surface area contributed by atoms with Crippen molar-refractivity contribution in [3.05, 3.63) is 65.9 Å². The lowest BCUT2D eigenvalue weighted by Crippen LogP contribution is -2.46. The minimum absolute atomic E-state index is 0.388. The number of piperazine rings is 1. The molecule has 1 aliphatic rings. The first-order valence-corrected chi connectivity index (χ1v) is 8.63. The minimum atomic E-state index is -0.388. The molecule has 1 saturated heterocycles. The maximum Gasteiger partial charge on any atom is 0.250 e. The third-order valence-corrected chi connectivity index (χ3v) is 4.91. The molecule has 5 heteroatoms. The number of amides is 1. The van der Waals surface area contributed by atoms with E-state index in [0.29, 0.717) is 5.56 Å². The van der Waals surface area contributed by atoms with E-state index in [1.165, 1.54) is 5.56 Å². The summed E-state index contributed by atoms with van der Waals surface area (Å²) >= 11 is 0. The van der Waals surface area contributed by atoms with Crippen LogP contribution in [-0.4, -0.2) is 42.0 Å². The van der Waals surface area contributed by atoms with Gasteiger partial charge in [-0.1, -0.05) is 36.4 Å². The Kier molecular flexibility index (Phi) is 4.15. The molecule has 0 atom stereocenters. The standard InChI is InChI=1S/C20H22N4O/c21-20(25)16-13-22-17-7-4-8-18(19(16)17)24-11-9-23(10-12-24)14-15-5-2-1-3-6-15/h1-8,13,22H,9-12,14H2,(H2,21,25). The average molecular weight is 334 g/mol. The molecule has 2 heterocycles. The molecule has 25 heavy (non-hydrogen) atoms. The smallest absolute Gasteiger partial charge is 0.250 e. The van der Waals surface area contributed by atoms with Gasteiger partial charge in [-0.15, -0.1) is 0 Å². The van der Waals surface area contributed by atoms with E-state index in [1.807, 2.05) is 12.1 Å². The maximum atomic E-state index is 11.7. The second-order valence-corrected chi connectivity index (χ2v) is 6.52. The SMILES string of the molecule is NC(=O)c1c[nH]c2cccc(N3CCN(Cc4ccccc4)CC3)c12. The third kappa shape index (κ3) is 3.10. The summed E-state index contributed by atoms with van der Waals surface area (Å²) in [5.41, 5.74) is 9.51. The van der Waals surface area contributed by atoms with Crippen LogP contribution in [0.25, 0.3) is 10.9 Å². The Morgan fingerprint density at radius 2 is 1.76 bits per heavy atom. The first-order valence-electron chi connectivity index (χ1n) is 8.63. The van der Waals surface area contributed by atoms with Gasteiger partial charge < -0.3 is 15.6 Å². The van der Waals surface area contributed by atoms with Crippen molar-refractivity contribution in [2.45, 2.75) is 6.54 Å². The van der Waals surface area contributed by atoms with Crippen molar-refractivity contribution in [2.24, 2.45) is 5.73 Å². The zero-order chi connectivity index (χ0) is 17.2. The zero-order valence-corrected chi connectivity index (χ0v) is 14.1.